The Balaban J connectivity index is 2.06. The van der Waals surface area contributed by atoms with Gasteiger partial charge in [-0.3, -0.25) is 9.69 Å². The normalized spacial score (nSPS) is 17.9. The Morgan fingerprint density at radius 2 is 1.94 bits per heavy atom. The van der Waals surface area contributed by atoms with E-state index in [0.717, 1.165) is 0 Å². The van der Waals surface area contributed by atoms with Crippen molar-refractivity contribution in [3.8, 4) is 5.88 Å². The first-order valence-electron chi connectivity index (χ1n) is 5.44. The third-order valence-corrected chi connectivity index (χ3v) is 2.94. The van der Waals surface area contributed by atoms with Crippen LogP contribution in [-0.2, 0) is 0 Å². The van der Waals surface area contributed by atoms with E-state index >= 15 is 0 Å². The molecule has 3 rings (SSSR count). The van der Waals surface area contributed by atoms with E-state index in [9.17, 15) is 9.90 Å². The molecular weight excluding hydrogens is 232 g/mol. The van der Waals surface area contributed by atoms with Gasteiger partial charge in [-0.15, -0.1) is 0 Å². The minimum Gasteiger partial charge on any atom is -0.493 e. The number of nitrogens with zero attached hydrogens (tertiary/aromatic N) is 2. The molecule has 18 heavy (non-hydrogen) atoms. The fourth-order valence-electron chi connectivity index (χ4n) is 2.08. The van der Waals surface area contributed by atoms with E-state index in [2.05, 4.69) is 4.98 Å². The van der Waals surface area contributed by atoms with Crippen LogP contribution in [0.2, 0.25) is 0 Å². The van der Waals surface area contributed by atoms with Crippen molar-refractivity contribution in [2.75, 3.05) is 4.90 Å². The summed E-state index contributed by atoms with van der Waals surface area (Å²) in [6.07, 6.45) is 0.336. The minimum atomic E-state index is -1.01. The summed E-state index contributed by atoms with van der Waals surface area (Å²) in [6, 6.07) is 9.82. The molecule has 0 saturated heterocycles. The summed E-state index contributed by atoms with van der Waals surface area (Å²) in [5, 5.41) is 19.3. The predicted molar refractivity (Wildman–Crippen MR) is 64.1 cm³/mol. The molecule has 0 radical (unpaired) electrons. The first kappa shape index (κ1) is 10.7. The third kappa shape index (κ3) is 1.45. The topological polar surface area (TPSA) is 73.7 Å². The molecule has 0 saturated carbocycles. The van der Waals surface area contributed by atoms with Gasteiger partial charge in [-0.1, -0.05) is 18.2 Å². The summed E-state index contributed by atoms with van der Waals surface area (Å²) in [7, 11) is 0. The van der Waals surface area contributed by atoms with Gasteiger partial charge in [0, 0.05) is 17.2 Å². The Kier molecular flexibility index (Phi) is 2.28. The average molecular weight is 242 g/mol. The lowest BCUT2D eigenvalue weighted by Gasteiger charge is -2.20. The summed E-state index contributed by atoms with van der Waals surface area (Å²) in [5.41, 5.74) is 1.51. The lowest BCUT2D eigenvalue weighted by atomic mass is 10.1. The van der Waals surface area contributed by atoms with Gasteiger partial charge < -0.3 is 10.2 Å². The first-order chi connectivity index (χ1) is 8.68. The number of aliphatic hydroxyl groups excluding tert-OH is 1. The fraction of sp³-hybridized carbons (Fsp3) is 0.0769. The van der Waals surface area contributed by atoms with Gasteiger partial charge in [-0.05, 0) is 12.1 Å². The fourth-order valence-corrected chi connectivity index (χ4v) is 2.08. The number of carbonyl (C=O) groups excluding carboxylic acids is 1. The minimum absolute atomic E-state index is 0.127. The maximum Gasteiger partial charge on any atom is 0.261 e. The Bertz CT molecular complexity index is 610. The Labute approximate surface area is 103 Å². The highest BCUT2D eigenvalue weighted by Gasteiger charge is 2.36. The molecule has 0 aliphatic carbocycles. The van der Waals surface area contributed by atoms with E-state index in [1.54, 1.807) is 24.3 Å². The van der Waals surface area contributed by atoms with Gasteiger partial charge in [0.25, 0.3) is 5.91 Å². The number of rotatable bonds is 1. The Hall–Kier alpha value is -2.40. The quantitative estimate of drug-likeness (QED) is 0.793. The second-order valence-corrected chi connectivity index (χ2v) is 4.01. The number of aromatic nitrogens is 1. The molecule has 0 bridgehead atoms. The lowest BCUT2D eigenvalue weighted by molar-refractivity contribution is 0.0935. The van der Waals surface area contributed by atoms with Crippen LogP contribution in [0.4, 0.5) is 5.69 Å². The van der Waals surface area contributed by atoms with E-state index in [1.165, 1.54) is 23.2 Å². The monoisotopic (exact) mass is 242 g/mol. The van der Waals surface area contributed by atoms with Gasteiger partial charge in [-0.25, -0.2) is 4.98 Å². The van der Waals surface area contributed by atoms with Crippen LogP contribution in [-0.4, -0.2) is 21.1 Å². The average Bonchev–Trinajstić information content (AvgIpc) is 2.64. The molecule has 5 nitrogen and oxygen atoms in total. The number of anilines is 1. The highest BCUT2D eigenvalue weighted by Crippen LogP contribution is 2.35. The van der Waals surface area contributed by atoms with Crippen molar-refractivity contribution in [1.29, 1.82) is 0 Å². The summed E-state index contributed by atoms with van der Waals surface area (Å²) in [5.74, 6) is -0.400. The van der Waals surface area contributed by atoms with Gasteiger partial charge >= 0.3 is 0 Å². The van der Waals surface area contributed by atoms with Gasteiger partial charge in [0.1, 0.15) is 0 Å². The number of amides is 1. The summed E-state index contributed by atoms with van der Waals surface area (Å²) in [4.78, 5) is 17.1. The van der Waals surface area contributed by atoms with E-state index < -0.39 is 6.23 Å². The number of pyridine rings is 1. The highest BCUT2D eigenvalue weighted by atomic mass is 16.3. The maximum atomic E-state index is 12.2. The molecule has 90 valence electrons. The molecule has 1 aromatic carbocycles. The van der Waals surface area contributed by atoms with E-state index in [-0.39, 0.29) is 11.8 Å². The molecule has 2 N–H and O–H groups in total. The second kappa shape index (κ2) is 3.82. The smallest absolute Gasteiger partial charge is 0.261 e. The molecule has 1 atom stereocenters. The molecule has 1 amide bonds. The number of hydrogen-bond acceptors (Lipinski definition) is 4. The van der Waals surface area contributed by atoms with Crippen LogP contribution in [0.5, 0.6) is 5.88 Å². The van der Waals surface area contributed by atoms with Crippen LogP contribution >= 0.6 is 0 Å². The summed E-state index contributed by atoms with van der Waals surface area (Å²) >= 11 is 0. The van der Waals surface area contributed by atoms with Crippen molar-refractivity contribution in [2.45, 2.75) is 6.23 Å². The van der Waals surface area contributed by atoms with Gasteiger partial charge in [0.05, 0.1) is 11.9 Å². The molecule has 0 spiro atoms. The number of fused-ring (bicyclic) bond motifs is 1. The van der Waals surface area contributed by atoms with E-state index in [0.29, 0.717) is 16.8 Å². The van der Waals surface area contributed by atoms with Crippen LogP contribution in [0.3, 0.4) is 0 Å². The third-order valence-electron chi connectivity index (χ3n) is 2.94. The van der Waals surface area contributed by atoms with Gasteiger partial charge in [0.15, 0.2) is 6.23 Å². The number of hydrogen-bond donors (Lipinski definition) is 2. The molecular formula is C13H10N2O3. The van der Waals surface area contributed by atoms with Gasteiger partial charge in [-0.2, -0.15) is 0 Å². The maximum absolute atomic E-state index is 12.2. The second-order valence-electron chi connectivity index (χ2n) is 4.01. The SMILES string of the molecule is O=C1c2ccccc2C(O)N1c1ccc(O)nc1. The number of benzene rings is 1. The molecule has 5 heteroatoms. The van der Waals surface area contributed by atoms with Crippen LogP contribution in [0.15, 0.2) is 42.6 Å². The first-order valence-corrected chi connectivity index (χ1v) is 5.44. The number of carbonyl (C=O) groups is 1. The molecule has 2 heterocycles. The van der Waals surface area contributed by atoms with E-state index in [1.807, 2.05) is 0 Å². The lowest BCUT2D eigenvalue weighted by Crippen LogP contribution is -2.27. The Morgan fingerprint density at radius 1 is 1.17 bits per heavy atom. The van der Waals surface area contributed by atoms with Crippen molar-refractivity contribution in [3.05, 3.63) is 53.7 Å². The van der Waals surface area contributed by atoms with Crippen LogP contribution < -0.4 is 4.90 Å². The van der Waals surface area contributed by atoms with Crippen molar-refractivity contribution in [3.63, 3.8) is 0 Å². The highest BCUT2D eigenvalue weighted by molar-refractivity contribution is 6.10. The van der Waals surface area contributed by atoms with Crippen molar-refractivity contribution >= 4 is 11.6 Å². The number of aliphatic hydroxyl groups is 1. The van der Waals surface area contributed by atoms with Crippen molar-refractivity contribution in [1.82, 2.24) is 4.98 Å². The zero-order valence-corrected chi connectivity index (χ0v) is 9.32. The van der Waals surface area contributed by atoms with Crippen LogP contribution in [0.25, 0.3) is 0 Å². The Morgan fingerprint density at radius 3 is 2.61 bits per heavy atom. The van der Waals surface area contributed by atoms with E-state index in [4.69, 9.17) is 5.11 Å². The summed E-state index contributed by atoms with van der Waals surface area (Å²) < 4.78 is 0. The predicted octanol–water partition coefficient (Wildman–Crippen LogP) is 1.44. The molecule has 1 unspecified atom stereocenters. The number of aromatic hydroxyl groups is 1. The van der Waals surface area contributed by atoms with Crippen LogP contribution in [0.1, 0.15) is 22.1 Å². The van der Waals surface area contributed by atoms with Crippen LogP contribution in [0, 0.1) is 0 Å². The molecule has 0 fully saturated rings. The molecule has 1 aliphatic rings. The standard InChI is InChI=1S/C13H10N2O3/c16-11-6-5-8(7-14-11)15-12(17)9-3-1-2-4-10(9)13(15)18/h1-7,12,17H,(H,14,16). The molecule has 1 aliphatic heterocycles. The summed E-state index contributed by atoms with van der Waals surface area (Å²) in [6.45, 7) is 0. The zero-order valence-electron chi connectivity index (χ0n) is 9.32. The van der Waals surface area contributed by atoms with Crippen molar-refractivity contribution in [2.24, 2.45) is 0 Å². The van der Waals surface area contributed by atoms with Gasteiger partial charge in [0.2, 0.25) is 5.88 Å². The largest absolute Gasteiger partial charge is 0.493 e. The zero-order chi connectivity index (χ0) is 12.7. The molecule has 1 aromatic heterocycles. The molecule has 2 aromatic rings. The van der Waals surface area contributed by atoms with Crippen molar-refractivity contribution < 1.29 is 15.0 Å².